The van der Waals surface area contributed by atoms with Crippen LogP contribution in [-0.2, 0) is 0 Å². The van der Waals surface area contributed by atoms with Crippen LogP contribution < -0.4 is 0 Å². The maximum Gasteiger partial charge on any atom is -0.0172 e. The second kappa shape index (κ2) is 4.12. The predicted molar refractivity (Wildman–Crippen MR) is 76.3 cm³/mol. The number of hydrogen-bond acceptors (Lipinski definition) is 0. The number of fused-ring (bicyclic) bond motifs is 5. The molecule has 0 bridgehead atoms. The van der Waals surface area contributed by atoms with E-state index >= 15 is 0 Å². The van der Waals surface area contributed by atoms with E-state index in [4.69, 9.17) is 0 Å². The minimum Gasteiger partial charge on any atom is -0.0847 e. The van der Waals surface area contributed by atoms with Gasteiger partial charge in [0.2, 0.25) is 0 Å². The lowest BCUT2D eigenvalue weighted by atomic mass is 9.53. The molecule has 4 aliphatic rings. The Morgan fingerprint density at radius 2 is 1.94 bits per heavy atom. The van der Waals surface area contributed by atoms with Crippen LogP contribution in [0.2, 0.25) is 0 Å². The lowest BCUT2D eigenvalue weighted by Gasteiger charge is -2.52. The van der Waals surface area contributed by atoms with E-state index in [9.17, 15) is 0 Å². The second-order valence-corrected chi connectivity index (χ2v) is 7.89. The van der Waals surface area contributed by atoms with Gasteiger partial charge in [0.25, 0.3) is 0 Å². The summed E-state index contributed by atoms with van der Waals surface area (Å²) in [6, 6.07) is 0. The Kier molecular flexibility index (Phi) is 2.64. The molecule has 0 saturated heterocycles. The van der Waals surface area contributed by atoms with Gasteiger partial charge in [-0.3, -0.25) is 0 Å². The highest BCUT2D eigenvalue weighted by Crippen LogP contribution is 2.61. The Bertz CT molecular complexity index is 366. The average Bonchev–Trinajstić information content (AvgIpc) is 2.80. The first-order valence-electron chi connectivity index (χ1n) is 8.47. The molecule has 0 aromatic heterocycles. The van der Waals surface area contributed by atoms with Gasteiger partial charge < -0.3 is 0 Å². The first kappa shape index (κ1) is 11.6. The molecule has 0 radical (unpaired) electrons. The van der Waals surface area contributed by atoms with E-state index < -0.39 is 0 Å². The van der Waals surface area contributed by atoms with Crippen LogP contribution in [0.1, 0.15) is 71.1 Å². The molecule has 0 aromatic carbocycles. The molecule has 0 heterocycles. The SMILES string of the molecule is C[C@@]12CCC[C@H]1[C@@H]1CC=C3CCCC[C@@H]3[C@H]1CC2. The van der Waals surface area contributed by atoms with Gasteiger partial charge in [0.15, 0.2) is 0 Å². The van der Waals surface area contributed by atoms with E-state index in [-0.39, 0.29) is 0 Å². The zero-order chi connectivity index (χ0) is 12.2. The van der Waals surface area contributed by atoms with Gasteiger partial charge in [-0.25, -0.2) is 0 Å². The van der Waals surface area contributed by atoms with Gasteiger partial charge in [-0.1, -0.05) is 31.4 Å². The second-order valence-electron chi connectivity index (χ2n) is 7.89. The van der Waals surface area contributed by atoms with Gasteiger partial charge in [-0.2, -0.15) is 0 Å². The summed E-state index contributed by atoms with van der Waals surface area (Å²) in [4.78, 5) is 0. The molecule has 0 N–H and O–H groups in total. The van der Waals surface area contributed by atoms with Crippen molar-refractivity contribution < 1.29 is 0 Å². The molecule has 100 valence electrons. The smallest absolute Gasteiger partial charge is 0.0172 e. The van der Waals surface area contributed by atoms with Gasteiger partial charge in [0, 0.05) is 0 Å². The Hall–Kier alpha value is -0.260. The van der Waals surface area contributed by atoms with Crippen LogP contribution in [0, 0.1) is 29.1 Å². The molecule has 0 amide bonds. The van der Waals surface area contributed by atoms with E-state index in [1.807, 2.05) is 5.57 Å². The minimum absolute atomic E-state index is 0.737. The van der Waals surface area contributed by atoms with Crippen molar-refractivity contribution in [2.24, 2.45) is 29.1 Å². The largest absolute Gasteiger partial charge is 0.0847 e. The van der Waals surface area contributed by atoms with Crippen molar-refractivity contribution in [3.05, 3.63) is 11.6 Å². The molecular formula is C18H28. The molecule has 0 spiro atoms. The fourth-order valence-corrected chi connectivity index (χ4v) is 6.24. The number of allylic oxidation sites excluding steroid dienone is 2. The maximum atomic E-state index is 2.69. The fourth-order valence-electron chi connectivity index (χ4n) is 6.24. The van der Waals surface area contributed by atoms with Crippen LogP contribution in [-0.4, -0.2) is 0 Å². The first-order valence-corrected chi connectivity index (χ1v) is 8.47. The molecule has 0 aliphatic heterocycles. The predicted octanol–water partition coefficient (Wildman–Crippen LogP) is 5.34. The summed E-state index contributed by atoms with van der Waals surface area (Å²) in [6.45, 7) is 2.61. The lowest BCUT2D eigenvalue weighted by Crippen LogP contribution is -2.43. The summed E-state index contributed by atoms with van der Waals surface area (Å²) in [6.07, 6.45) is 17.8. The normalized spacial score (nSPS) is 51.1. The van der Waals surface area contributed by atoms with E-state index in [1.165, 1.54) is 44.9 Å². The fraction of sp³-hybridized carbons (Fsp3) is 0.889. The zero-order valence-corrected chi connectivity index (χ0v) is 12.0. The van der Waals surface area contributed by atoms with E-state index in [0.717, 1.165) is 29.1 Å². The summed E-state index contributed by atoms with van der Waals surface area (Å²) in [5.74, 6) is 4.25. The average molecular weight is 244 g/mol. The summed E-state index contributed by atoms with van der Waals surface area (Å²) >= 11 is 0. The third-order valence-corrected chi connectivity index (χ3v) is 7.15. The minimum atomic E-state index is 0.737. The molecule has 3 saturated carbocycles. The standard InChI is InChI=1S/C18H28/c1-18-11-4-7-17(18)16-9-8-13-5-2-3-6-14(13)15(16)10-12-18/h8,14-17H,2-7,9-12H2,1H3/t14-,15+,16+,17-,18-/m0/s1. The van der Waals surface area contributed by atoms with Gasteiger partial charge in [0.05, 0.1) is 0 Å². The first-order chi connectivity index (χ1) is 8.78. The quantitative estimate of drug-likeness (QED) is 0.505. The van der Waals surface area contributed by atoms with E-state index in [1.54, 1.807) is 19.3 Å². The van der Waals surface area contributed by atoms with Gasteiger partial charge >= 0.3 is 0 Å². The molecule has 3 fully saturated rings. The highest BCUT2D eigenvalue weighted by atomic mass is 14.6. The van der Waals surface area contributed by atoms with Crippen molar-refractivity contribution in [3.8, 4) is 0 Å². The van der Waals surface area contributed by atoms with Gasteiger partial charge in [0.1, 0.15) is 0 Å². The maximum absolute atomic E-state index is 2.69. The highest BCUT2D eigenvalue weighted by molar-refractivity contribution is 5.18. The third kappa shape index (κ3) is 1.57. The summed E-state index contributed by atoms with van der Waals surface area (Å²) in [5.41, 5.74) is 2.62. The van der Waals surface area contributed by atoms with Crippen LogP contribution in [0.5, 0.6) is 0 Å². The van der Waals surface area contributed by atoms with Gasteiger partial charge in [-0.05, 0) is 80.5 Å². The molecule has 4 aliphatic carbocycles. The molecule has 5 atom stereocenters. The molecule has 0 aromatic rings. The van der Waals surface area contributed by atoms with Crippen LogP contribution >= 0.6 is 0 Å². The lowest BCUT2D eigenvalue weighted by molar-refractivity contribution is 0.0101. The van der Waals surface area contributed by atoms with Crippen LogP contribution in [0.3, 0.4) is 0 Å². The molecule has 0 unspecified atom stereocenters. The third-order valence-electron chi connectivity index (χ3n) is 7.15. The van der Waals surface area contributed by atoms with Crippen molar-refractivity contribution >= 4 is 0 Å². The molecule has 0 nitrogen and oxygen atoms in total. The topological polar surface area (TPSA) is 0 Å². The summed E-state index contributed by atoms with van der Waals surface area (Å²) < 4.78 is 0. The summed E-state index contributed by atoms with van der Waals surface area (Å²) in [7, 11) is 0. The van der Waals surface area contributed by atoms with Crippen LogP contribution in [0.15, 0.2) is 11.6 Å². The van der Waals surface area contributed by atoms with Crippen LogP contribution in [0.25, 0.3) is 0 Å². The van der Waals surface area contributed by atoms with E-state index in [2.05, 4.69) is 13.0 Å². The van der Waals surface area contributed by atoms with Crippen molar-refractivity contribution in [3.63, 3.8) is 0 Å². The van der Waals surface area contributed by atoms with Crippen LogP contribution in [0.4, 0.5) is 0 Å². The highest BCUT2D eigenvalue weighted by Gasteiger charge is 2.51. The van der Waals surface area contributed by atoms with E-state index in [0.29, 0.717) is 0 Å². The monoisotopic (exact) mass is 244 g/mol. The summed E-state index contributed by atoms with van der Waals surface area (Å²) in [5, 5.41) is 0. The van der Waals surface area contributed by atoms with Crippen molar-refractivity contribution in [1.82, 2.24) is 0 Å². The Balaban J connectivity index is 1.64. The molecular weight excluding hydrogens is 216 g/mol. The molecule has 4 rings (SSSR count). The molecule has 18 heavy (non-hydrogen) atoms. The number of hydrogen-bond donors (Lipinski definition) is 0. The molecule has 0 heteroatoms. The Morgan fingerprint density at radius 1 is 1.00 bits per heavy atom. The van der Waals surface area contributed by atoms with Crippen molar-refractivity contribution in [2.75, 3.05) is 0 Å². The van der Waals surface area contributed by atoms with Crippen molar-refractivity contribution in [1.29, 1.82) is 0 Å². The Labute approximate surface area is 112 Å². The zero-order valence-electron chi connectivity index (χ0n) is 12.0. The number of rotatable bonds is 0. The van der Waals surface area contributed by atoms with Gasteiger partial charge in [-0.15, -0.1) is 0 Å². The van der Waals surface area contributed by atoms with Crippen molar-refractivity contribution in [2.45, 2.75) is 71.1 Å². The Morgan fingerprint density at radius 3 is 2.89 bits per heavy atom.